The third-order valence-electron chi connectivity index (χ3n) is 7.50. The number of aromatic carboxylic acids is 1. The molecule has 0 unspecified atom stereocenters. The maximum atomic E-state index is 16.1. The van der Waals surface area contributed by atoms with E-state index in [1.165, 1.54) is 0 Å². The maximum Gasteiger partial charge on any atom is 0.373 e. The molecule has 10 heteroatoms. The van der Waals surface area contributed by atoms with Crippen LogP contribution in [0.15, 0.2) is 40.8 Å². The highest BCUT2D eigenvalue weighted by Gasteiger charge is 2.31. The molecular formula is C31H29F3N2O5. The van der Waals surface area contributed by atoms with Gasteiger partial charge in [0.15, 0.2) is 11.6 Å². The van der Waals surface area contributed by atoms with Gasteiger partial charge >= 0.3 is 6.15 Å². The Morgan fingerprint density at radius 3 is 2.27 bits per heavy atom. The minimum atomic E-state index is -1.98. The third-order valence-corrected chi connectivity index (χ3v) is 7.50. The lowest BCUT2D eigenvalue weighted by Gasteiger charge is -2.33. The van der Waals surface area contributed by atoms with Gasteiger partial charge in [0.2, 0.25) is 5.36 Å². The van der Waals surface area contributed by atoms with Gasteiger partial charge in [0, 0.05) is 64.1 Å². The summed E-state index contributed by atoms with van der Waals surface area (Å²) < 4.78 is 54.6. The zero-order chi connectivity index (χ0) is 28.6. The monoisotopic (exact) mass is 566 g/mol. The smallest absolute Gasteiger partial charge is 0.373 e. The number of hydrogen-bond acceptors (Lipinski definition) is 6. The first-order chi connectivity index (χ1) is 19.3. The lowest BCUT2D eigenvalue weighted by atomic mass is 9.87. The van der Waals surface area contributed by atoms with Crippen LogP contribution in [0.25, 0.3) is 33.4 Å². The van der Waals surface area contributed by atoms with Crippen LogP contribution in [-0.2, 0) is 16.0 Å². The number of halogens is 3. The van der Waals surface area contributed by atoms with E-state index in [1.54, 1.807) is 19.1 Å². The number of carboxylic acids is 1. The molecule has 2 aromatic carbocycles. The summed E-state index contributed by atoms with van der Waals surface area (Å²) in [5.41, 5.74) is -0.236. The van der Waals surface area contributed by atoms with Crippen molar-refractivity contribution in [2.45, 2.75) is 40.0 Å². The standard InChI is InChI=1S/C29H25F3N2O3.CO2.CH4/c1-2-5-20-26(30)24(25(29(35)36)28(32)27(20)31)23-18-8-6-16(33-10-3-11-33)14-21(18)37-22-15-17(7-9-19(22)23)34-12-4-13-34;2-1-3;/h6-9,14-15H,2-5,10-13H2,1H3;;1H4. The second-order valence-corrected chi connectivity index (χ2v) is 9.81. The molecule has 1 aliphatic carbocycles. The Morgan fingerprint density at radius 2 is 1.71 bits per heavy atom. The molecule has 2 fully saturated rings. The van der Waals surface area contributed by atoms with E-state index < -0.39 is 40.1 Å². The zero-order valence-corrected chi connectivity index (χ0v) is 21.7. The molecule has 214 valence electrons. The molecule has 41 heavy (non-hydrogen) atoms. The van der Waals surface area contributed by atoms with Gasteiger partial charge in [-0.25, -0.2) is 17.7 Å². The molecule has 3 heterocycles. The summed E-state index contributed by atoms with van der Waals surface area (Å²) >= 11 is 0. The molecule has 3 aliphatic heterocycles. The minimum absolute atomic E-state index is 0. The summed E-state index contributed by atoms with van der Waals surface area (Å²) in [5, 5.41) is 13.4. The summed E-state index contributed by atoms with van der Waals surface area (Å²) in [4.78, 5) is 30.5. The van der Waals surface area contributed by atoms with Crippen molar-refractivity contribution in [3.05, 3.63) is 70.3 Å². The molecule has 2 saturated heterocycles. The van der Waals surface area contributed by atoms with Gasteiger partial charge in [0.05, 0.1) is 18.5 Å². The average molecular weight is 567 g/mol. The highest BCUT2D eigenvalue weighted by molar-refractivity contribution is 6.08. The van der Waals surface area contributed by atoms with Crippen LogP contribution < -0.4 is 19.9 Å². The molecular weight excluding hydrogens is 537 g/mol. The van der Waals surface area contributed by atoms with Crippen LogP contribution >= 0.6 is 0 Å². The molecule has 0 atom stereocenters. The summed E-state index contributed by atoms with van der Waals surface area (Å²) in [6, 6.07) is 10.8. The number of anilines is 1. The van der Waals surface area contributed by atoms with Gasteiger partial charge in [0.25, 0.3) is 0 Å². The van der Waals surface area contributed by atoms with Crippen LogP contribution in [0.3, 0.4) is 0 Å². The van der Waals surface area contributed by atoms with Crippen molar-refractivity contribution in [2.24, 2.45) is 0 Å². The van der Waals surface area contributed by atoms with Crippen LogP contribution in [0.5, 0.6) is 0 Å². The first-order valence-corrected chi connectivity index (χ1v) is 13.0. The van der Waals surface area contributed by atoms with Crippen molar-refractivity contribution in [2.75, 3.05) is 31.1 Å². The van der Waals surface area contributed by atoms with E-state index in [2.05, 4.69) is 9.48 Å². The topological polar surface area (TPSA) is 93.7 Å². The highest BCUT2D eigenvalue weighted by Crippen LogP contribution is 2.45. The molecule has 0 N–H and O–H groups in total. The Kier molecular flexibility index (Phi) is 8.63. The van der Waals surface area contributed by atoms with Gasteiger partial charge in [0.1, 0.15) is 30.3 Å². The fourth-order valence-corrected chi connectivity index (χ4v) is 5.28. The Bertz CT molecular complexity index is 1710. The normalized spacial score (nSPS) is 14.0. The number of carbonyl (C=O) groups excluding carboxylic acids is 3. The van der Waals surface area contributed by atoms with Gasteiger partial charge in [-0.1, -0.05) is 20.8 Å². The van der Waals surface area contributed by atoms with Crippen LogP contribution in [0, 0.1) is 17.5 Å². The Morgan fingerprint density at radius 1 is 1.00 bits per heavy atom. The number of nitrogens with zero attached hydrogens (tertiary/aromatic N) is 2. The molecule has 0 spiro atoms. The Labute approximate surface area is 234 Å². The van der Waals surface area contributed by atoms with Crippen LogP contribution in [-0.4, -0.2) is 38.3 Å². The molecule has 4 aliphatic rings. The van der Waals surface area contributed by atoms with Crippen LogP contribution in [0.4, 0.5) is 18.9 Å². The van der Waals surface area contributed by atoms with Crippen molar-refractivity contribution in [1.29, 1.82) is 0 Å². The Balaban J connectivity index is 0.000000929. The van der Waals surface area contributed by atoms with Gasteiger partial charge < -0.3 is 19.2 Å². The van der Waals surface area contributed by atoms with E-state index in [0.717, 1.165) is 50.1 Å². The largest absolute Gasteiger partial charge is 0.545 e. The SMILES string of the molecule is C.CCCc1c(F)c(F)c(C(=O)[O-])c(-c2c3ccc(=[N+]4CCC4)cc-3oc3cc(N4CCC4)ccc23)c1F.O=C=O. The van der Waals surface area contributed by atoms with Crippen LogP contribution in [0.1, 0.15) is 49.5 Å². The predicted octanol–water partition coefficient (Wildman–Crippen LogP) is 4.38. The number of fused-ring (bicyclic) bond motifs is 2. The maximum absolute atomic E-state index is 16.1. The fourth-order valence-electron chi connectivity index (χ4n) is 5.28. The third kappa shape index (κ3) is 5.11. The van der Waals surface area contributed by atoms with E-state index in [0.29, 0.717) is 28.7 Å². The van der Waals surface area contributed by atoms with E-state index >= 15 is 8.78 Å². The second-order valence-electron chi connectivity index (χ2n) is 9.81. The quantitative estimate of drug-likeness (QED) is 0.202. The van der Waals surface area contributed by atoms with Crippen molar-refractivity contribution in [3.8, 4) is 22.5 Å². The summed E-state index contributed by atoms with van der Waals surface area (Å²) in [5.74, 6) is -5.77. The van der Waals surface area contributed by atoms with Crippen molar-refractivity contribution in [3.63, 3.8) is 0 Å². The molecule has 0 saturated carbocycles. The summed E-state index contributed by atoms with van der Waals surface area (Å²) in [7, 11) is 0. The molecule has 0 amide bonds. The molecule has 0 bridgehead atoms. The minimum Gasteiger partial charge on any atom is -0.545 e. The van der Waals surface area contributed by atoms with Gasteiger partial charge in [-0.15, -0.1) is 0 Å². The first kappa shape index (κ1) is 29.6. The number of rotatable bonds is 5. The van der Waals surface area contributed by atoms with E-state index in [4.69, 9.17) is 14.0 Å². The lowest BCUT2D eigenvalue weighted by molar-refractivity contribution is -0.255. The van der Waals surface area contributed by atoms with Crippen molar-refractivity contribution in [1.82, 2.24) is 4.58 Å². The zero-order valence-electron chi connectivity index (χ0n) is 21.7. The summed E-state index contributed by atoms with van der Waals surface area (Å²) in [6.07, 6.45) is 2.67. The van der Waals surface area contributed by atoms with E-state index in [9.17, 15) is 14.3 Å². The molecule has 0 radical (unpaired) electrons. The molecule has 7 nitrogen and oxygen atoms in total. The van der Waals surface area contributed by atoms with E-state index in [1.807, 2.05) is 24.3 Å². The van der Waals surface area contributed by atoms with Gasteiger partial charge in [-0.3, -0.25) is 0 Å². The average Bonchev–Trinajstić information content (AvgIpc) is 2.85. The lowest BCUT2D eigenvalue weighted by Crippen LogP contribution is -2.40. The van der Waals surface area contributed by atoms with Crippen molar-refractivity contribution < 1.29 is 37.1 Å². The Hall–Kier alpha value is -4.43. The summed E-state index contributed by atoms with van der Waals surface area (Å²) in [6.45, 7) is 5.32. The second kappa shape index (κ2) is 12.0. The van der Waals surface area contributed by atoms with Crippen molar-refractivity contribution >= 4 is 28.8 Å². The predicted molar refractivity (Wildman–Crippen MR) is 145 cm³/mol. The number of carbonyl (C=O) groups is 1. The van der Waals surface area contributed by atoms with Gasteiger partial charge in [-0.05, 0) is 31.0 Å². The number of carboxylic acid groups (broad SMARTS) is 1. The van der Waals surface area contributed by atoms with Gasteiger partial charge in [-0.2, -0.15) is 9.59 Å². The fraction of sp³-hybridized carbons (Fsp3) is 0.323. The number of hydrogen-bond donors (Lipinski definition) is 0. The van der Waals surface area contributed by atoms with E-state index in [-0.39, 0.29) is 25.6 Å². The van der Waals surface area contributed by atoms with Crippen LogP contribution in [0.2, 0.25) is 0 Å². The highest BCUT2D eigenvalue weighted by atomic mass is 19.2. The molecule has 2 aromatic rings. The number of benzene rings is 3. The first-order valence-electron chi connectivity index (χ1n) is 13.0. The molecule has 0 aromatic heterocycles. The molecule has 6 rings (SSSR count).